The molecule has 1 N–H and O–H groups in total. The molecule has 0 saturated heterocycles. The lowest BCUT2D eigenvalue weighted by atomic mass is 10.2. The molecule has 8 heteroatoms. The molecule has 1 aromatic heterocycles. The number of ether oxygens (including phenoxy) is 2. The third-order valence-corrected chi connectivity index (χ3v) is 4.60. The van der Waals surface area contributed by atoms with Crippen molar-refractivity contribution in [2.75, 3.05) is 18.5 Å². The lowest BCUT2D eigenvalue weighted by Gasteiger charge is -2.10. The van der Waals surface area contributed by atoms with Gasteiger partial charge in [-0.2, -0.15) is 0 Å². The van der Waals surface area contributed by atoms with Crippen LogP contribution in [0, 0.1) is 0 Å². The molecule has 0 radical (unpaired) electrons. The monoisotopic (exact) mass is 443 g/mol. The van der Waals surface area contributed by atoms with Gasteiger partial charge < -0.3 is 19.2 Å². The number of hydrogen-bond acceptors (Lipinski definition) is 7. The van der Waals surface area contributed by atoms with E-state index < -0.39 is 5.97 Å². The first-order chi connectivity index (χ1) is 16.1. The molecule has 0 aliphatic heterocycles. The fourth-order valence-electron chi connectivity index (χ4n) is 3.04. The van der Waals surface area contributed by atoms with Crippen molar-refractivity contribution in [2.45, 2.75) is 6.92 Å². The number of rotatable bonds is 8. The first-order valence-corrected chi connectivity index (χ1v) is 10.3. The fraction of sp³-hybridized carbons (Fsp3) is 0.120. The summed E-state index contributed by atoms with van der Waals surface area (Å²) >= 11 is 0. The van der Waals surface area contributed by atoms with Crippen LogP contribution in [-0.4, -0.2) is 35.3 Å². The quantitative estimate of drug-likeness (QED) is 0.397. The number of para-hydroxylation sites is 1. The van der Waals surface area contributed by atoms with Gasteiger partial charge in [0.1, 0.15) is 5.75 Å². The number of esters is 1. The van der Waals surface area contributed by atoms with Crippen molar-refractivity contribution in [3.63, 3.8) is 0 Å². The molecule has 0 fully saturated rings. The highest BCUT2D eigenvalue weighted by Crippen LogP contribution is 2.30. The summed E-state index contributed by atoms with van der Waals surface area (Å²) in [6.07, 6.45) is 0. The maximum absolute atomic E-state index is 12.4. The Labute approximate surface area is 190 Å². The van der Waals surface area contributed by atoms with Gasteiger partial charge in [0.2, 0.25) is 5.89 Å². The van der Waals surface area contributed by atoms with Crippen LogP contribution in [0.25, 0.3) is 22.9 Å². The van der Waals surface area contributed by atoms with Gasteiger partial charge in [-0.1, -0.05) is 30.3 Å². The van der Waals surface area contributed by atoms with E-state index in [-0.39, 0.29) is 12.5 Å². The zero-order chi connectivity index (χ0) is 23.0. The minimum Gasteiger partial charge on any atom is -0.483 e. The van der Waals surface area contributed by atoms with Crippen LogP contribution in [0.5, 0.6) is 5.75 Å². The summed E-state index contributed by atoms with van der Waals surface area (Å²) in [5.41, 5.74) is 2.34. The van der Waals surface area contributed by atoms with Crippen LogP contribution in [0.15, 0.2) is 83.3 Å². The zero-order valence-corrected chi connectivity index (χ0v) is 17.9. The molecule has 1 amide bonds. The topological polar surface area (TPSA) is 104 Å². The summed E-state index contributed by atoms with van der Waals surface area (Å²) < 4.78 is 16.5. The second-order valence-electron chi connectivity index (χ2n) is 6.91. The lowest BCUT2D eigenvalue weighted by molar-refractivity contribution is -0.118. The van der Waals surface area contributed by atoms with Crippen LogP contribution in [0.3, 0.4) is 0 Å². The molecule has 0 saturated carbocycles. The molecule has 33 heavy (non-hydrogen) atoms. The number of nitrogens with one attached hydrogen (secondary N) is 1. The highest BCUT2D eigenvalue weighted by atomic mass is 16.5. The minimum atomic E-state index is -0.410. The molecule has 1 heterocycles. The van der Waals surface area contributed by atoms with Crippen LogP contribution in [0.2, 0.25) is 0 Å². The van der Waals surface area contributed by atoms with Crippen LogP contribution >= 0.6 is 0 Å². The second-order valence-corrected chi connectivity index (χ2v) is 6.91. The van der Waals surface area contributed by atoms with E-state index >= 15 is 0 Å². The van der Waals surface area contributed by atoms with E-state index in [1.165, 1.54) is 0 Å². The van der Waals surface area contributed by atoms with Gasteiger partial charge >= 0.3 is 5.97 Å². The van der Waals surface area contributed by atoms with Crippen molar-refractivity contribution in [2.24, 2.45) is 0 Å². The molecule has 0 spiro atoms. The molecule has 4 rings (SSSR count). The van der Waals surface area contributed by atoms with Crippen LogP contribution in [0.1, 0.15) is 17.3 Å². The van der Waals surface area contributed by atoms with Crippen LogP contribution in [0.4, 0.5) is 5.69 Å². The predicted octanol–water partition coefficient (Wildman–Crippen LogP) is 4.60. The number of amides is 1. The molecule has 166 valence electrons. The maximum Gasteiger partial charge on any atom is 0.338 e. The van der Waals surface area contributed by atoms with Gasteiger partial charge in [-0.15, -0.1) is 10.2 Å². The number of benzene rings is 3. The summed E-state index contributed by atoms with van der Waals surface area (Å²) in [5, 5.41) is 10.9. The lowest BCUT2D eigenvalue weighted by Crippen LogP contribution is -2.20. The number of carbonyl (C=O) groups is 2. The second kappa shape index (κ2) is 10.2. The van der Waals surface area contributed by atoms with Gasteiger partial charge in [-0.05, 0) is 55.5 Å². The average molecular weight is 443 g/mol. The van der Waals surface area contributed by atoms with Crippen molar-refractivity contribution in [3.05, 3.63) is 84.4 Å². The Kier molecular flexibility index (Phi) is 6.75. The summed E-state index contributed by atoms with van der Waals surface area (Å²) in [5.74, 6) is 0.355. The number of anilines is 1. The van der Waals surface area contributed by atoms with Crippen molar-refractivity contribution < 1.29 is 23.5 Å². The Morgan fingerprint density at radius 3 is 2.33 bits per heavy atom. The number of nitrogens with zero attached hydrogens (tertiary/aromatic N) is 2. The molecule has 0 atom stereocenters. The molecular weight excluding hydrogens is 422 g/mol. The average Bonchev–Trinajstić information content (AvgIpc) is 3.34. The van der Waals surface area contributed by atoms with Gasteiger partial charge in [0, 0.05) is 11.3 Å². The Morgan fingerprint density at radius 1 is 0.879 bits per heavy atom. The molecule has 0 aliphatic rings. The Balaban J connectivity index is 1.40. The zero-order valence-electron chi connectivity index (χ0n) is 17.9. The van der Waals surface area contributed by atoms with Gasteiger partial charge in [0.15, 0.2) is 6.61 Å². The predicted molar refractivity (Wildman–Crippen MR) is 122 cm³/mol. The largest absolute Gasteiger partial charge is 0.483 e. The number of aromatic nitrogens is 2. The summed E-state index contributed by atoms with van der Waals surface area (Å²) in [4.78, 5) is 24.1. The first kappa shape index (κ1) is 21.8. The van der Waals surface area contributed by atoms with E-state index in [0.29, 0.717) is 41.0 Å². The van der Waals surface area contributed by atoms with Crippen LogP contribution in [-0.2, 0) is 9.53 Å². The number of hydrogen-bond donors (Lipinski definition) is 1. The highest BCUT2D eigenvalue weighted by molar-refractivity contribution is 5.93. The first-order valence-electron chi connectivity index (χ1n) is 10.3. The third-order valence-electron chi connectivity index (χ3n) is 4.60. The smallest absolute Gasteiger partial charge is 0.338 e. The van der Waals surface area contributed by atoms with Crippen LogP contribution < -0.4 is 10.1 Å². The fourth-order valence-corrected chi connectivity index (χ4v) is 3.04. The van der Waals surface area contributed by atoms with Crippen molar-refractivity contribution in [1.29, 1.82) is 0 Å². The molecule has 4 aromatic rings. The van der Waals surface area contributed by atoms with Gasteiger partial charge in [0.25, 0.3) is 11.8 Å². The van der Waals surface area contributed by atoms with Gasteiger partial charge in [-0.25, -0.2) is 4.79 Å². The molecule has 3 aromatic carbocycles. The van der Waals surface area contributed by atoms with Gasteiger partial charge in [0.05, 0.1) is 17.7 Å². The summed E-state index contributed by atoms with van der Waals surface area (Å²) in [6.45, 7) is 1.81. The maximum atomic E-state index is 12.4. The van der Waals surface area contributed by atoms with Crippen molar-refractivity contribution in [3.8, 4) is 28.7 Å². The molecular formula is C25H21N3O5. The molecule has 0 bridgehead atoms. The molecule has 0 aliphatic carbocycles. The van der Waals surface area contributed by atoms with Gasteiger partial charge in [-0.3, -0.25) is 4.79 Å². The Morgan fingerprint density at radius 2 is 1.58 bits per heavy atom. The Hall–Kier alpha value is -4.46. The minimum absolute atomic E-state index is 0.226. The van der Waals surface area contributed by atoms with E-state index in [4.69, 9.17) is 13.9 Å². The highest BCUT2D eigenvalue weighted by Gasteiger charge is 2.15. The third kappa shape index (κ3) is 5.43. The Bertz CT molecular complexity index is 1240. The molecule has 8 nitrogen and oxygen atoms in total. The van der Waals surface area contributed by atoms with E-state index in [9.17, 15) is 9.59 Å². The summed E-state index contributed by atoms with van der Waals surface area (Å²) in [7, 11) is 0. The van der Waals surface area contributed by atoms with Crippen molar-refractivity contribution in [1.82, 2.24) is 10.2 Å². The van der Waals surface area contributed by atoms with E-state index in [0.717, 1.165) is 5.56 Å². The normalized spacial score (nSPS) is 10.5. The van der Waals surface area contributed by atoms with E-state index in [2.05, 4.69) is 15.5 Å². The standard InChI is InChI=1S/C25H21N3O5/c1-2-31-25(30)18-12-14-19(15-13-18)26-22(29)16-32-21-11-7-6-10-20(21)24-28-27-23(33-24)17-8-4-3-5-9-17/h3-15H,2,16H2,1H3,(H,26,29). The van der Waals surface area contributed by atoms with Crippen molar-refractivity contribution >= 4 is 17.6 Å². The molecule has 0 unspecified atom stereocenters. The SMILES string of the molecule is CCOC(=O)c1ccc(NC(=O)COc2ccccc2-c2nnc(-c3ccccc3)o2)cc1. The summed E-state index contributed by atoms with van der Waals surface area (Å²) in [6, 6.07) is 23.0. The van der Waals surface area contributed by atoms with E-state index in [1.54, 1.807) is 49.4 Å². The van der Waals surface area contributed by atoms with E-state index in [1.807, 2.05) is 36.4 Å². The number of carbonyl (C=O) groups excluding carboxylic acids is 2.